The summed E-state index contributed by atoms with van der Waals surface area (Å²) in [5.74, 6) is -0.997. The maximum absolute atomic E-state index is 12.6. The van der Waals surface area contributed by atoms with E-state index in [4.69, 9.17) is 10.5 Å². The van der Waals surface area contributed by atoms with Crippen molar-refractivity contribution >= 4 is 17.9 Å². The molecule has 3 atom stereocenters. The van der Waals surface area contributed by atoms with E-state index in [-0.39, 0.29) is 18.4 Å². The Morgan fingerprint density at radius 1 is 1.31 bits per heavy atom. The predicted molar refractivity (Wildman–Crippen MR) is 96.9 cm³/mol. The average Bonchev–Trinajstić information content (AvgIpc) is 3.14. The van der Waals surface area contributed by atoms with Gasteiger partial charge in [-0.1, -0.05) is 50.6 Å². The molecule has 1 heterocycles. The lowest BCUT2D eigenvalue weighted by atomic mass is 9.98. The summed E-state index contributed by atoms with van der Waals surface area (Å²) in [6.07, 6.45) is 1.44. The first-order valence-electron chi connectivity index (χ1n) is 9.01. The maximum atomic E-state index is 12.6. The van der Waals surface area contributed by atoms with Crippen LogP contribution in [0.3, 0.4) is 0 Å². The SMILES string of the molecule is CC[C@@H](C)[C@H](NC(=O)[C@H]1CCCN1C(=O)OCc1ccccc1)C(N)=O. The number of hydrogen-bond acceptors (Lipinski definition) is 4. The van der Waals surface area contributed by atoms with Gasteiger partial charge in [0.2, 0.25) is 11.8 Å². The van der Waals surface area contributed by atoms with Gasteiger partial charge in [-0.25, -0.2) is 4.79 Å². The molecule has 0 saturated carbocycles. The first-order chi connectivity index (χ1) is 12.4. The summed E-state index contributed by atoms with van der Waals surface area (Å²) >= 11 is 0. The summed E-state index contributed by atoms with van der Waals surface area (Å²) in [5, 5.41) is 2.70. The number of carbonyl (C=O) groups is 3. The van der Waals surface area contributed by atoms with Crippen molar-refractivity contribution in [1.29, 1.82) is 0 Å². The fourth-order valence-corrected chi connectivity index (χ4v) is 3.04. The number of nitrogens with zero attached hydrogens (tertiary/aromatic N) is 1. The molecule has 26 heavy (non-hydrogen) atoms. The first-order valence-corrected chi connectivity index (χ1v) is 9.01. The molecule has 0 radical (unpaired) electrons. The molecule has 142 valence electrons. The fraction of sp³-hybridized carbons (Fsp3) is 0.526. The van der Waals surface area contributed by atoms with Crippen LogP contribution in [0.15, 0.2) is 30.3 Å². The summed E-state index contributed by atoms with van der Waals surface area (Å²) in [4.78, 5) is 38.0. The lowest BCUT2D eigenvalue weighted by Crippen LogP contribution is -2.54. The van der Waals surface area contributed by atoms with Gasteiger partial charge in [0.25, 0.3) is 0 Å². The molecule has 3 amide bonds. The smallest absolute Gasteiger partial charge is 0.410 e. The minimum atomic E-state index is -0.740. The number of primary amides is 1. The van der Waals surface area contributed by atoms with Gasteiger partial charge < -0.3 is 15.8 Å². The molecule has 7 nitrogen and oxygen atoms in total. The van der Waals surface area contributed by atoms with E-state index in [2.05, 4.69) is 5.32 Å². The van der Waals surface area contributed by atoms with Gasteiger partial charge in [0, 0.05) is 6.54 Å². The lowest BCUT2D eigenvalue weighted by molar-refractivity contribution is -0.131. The molecule has 1 aliphatic rings. The molecule has 0 spiro atoms. The third-order valence-electron chi connectivity index (χ3n) is 4.81. The number of nitrogens with two attached hydrogens (primary N) is 1. The Bertz CT molecular complexity index is 635. The number of benzene rings is 1. The Balaban J connectivity index is 1.96. The largest absolute Gasteiger partial charge is 0.445 e. The second-order valence-electron chi connectivity index (χ2n) is 6.67. The molecule has 1 fully saturated rings. The molecule has 0 aliphatic carbocycles. The average molecular weight is 361 g/mol. The van der Waals surface area contributed by atoms with Crippen LogP contribution in [-0.2, 0) is 20.9 Å². The van der Waals surface area contributed by atoms with Crippen LogP contribution in [0.5, 0.6) is 0 Å². The summed E-state index contributed by atoms with van der Waals surface area (Å²) in [6.45, 7) is 4.39. The molecule has 0 aromatic heterocycles. The topological polar surface area (TPSA) is 102 Å². The van der Waals surface area contributed by atoms with Crippen molar-refractivity contribution in [2.45, 2.75) is 51.8 Å². The normalized spacial score (nSPS) is 18.8. The standard InChI is InChI=1S/C19H27N3O4/c1-3-13(2)16(17(20)23)21-18(24)15-10-7-11-22(15)19(25)26-12-14-8-5-4-6-9-14/h4-6,8-9,13,15-16H,3,7,10-12H2,1-2H3,(H2,20,23)(H,21,24)/t13-,15-,16+/m1/s1. The Morgan fingerprint density at radius 2 is 2.00 bits per heavy atom. The Morgan fingerprint density at radius 3 is 2.62 bits per heavy atom. The fourth-order valence-electron chi connectivity index (χ4n) is 3.04. The van der Waals surface area contributed by atoms with E-state index in [1.165, 1.54) is 4.90 Å². The number of hydrogen-bond donors (Lipinski definition) is 2. The maximum Gasteiger partial charge on any atom is 0.410 e. The van der Waals surface area contributed by atoms with E-state index in [1.54, 1.807) is 0 Å². The van der Waals surface area contributed by atoms with Crippen molar-refractivity contribution in [2.75, 3.05) is 6.54 Å². The highest BCUT2D eigenvalue weighted by molar-refractivity contribution is 5.91. The monoisotopic (exact) mass is 361 g/mol. The lowest BCUT2D eigenvalue weighted by Gasteiger charge is -2.27. The number of likely N-dealkylation sites (tertiary alicyclic amines) is 1. The highest BCUT2D eigenvalue weighted by Crippen LogP contribution is 2.20. The van der Waals surface area contributed by atoms with Crippen molar-refractivity contribution in [3.05, 3.63) is 35.9 Å². The molecular formula is C19H27N3O4. The van der Waals surface area contributed by atoms with E-state index in [0.717, 1.165) is 5.56 Å². The molecule has 1 aliphatic heterocycles. The van der Waals surface area contributed by atoms with Gasteiger partial charge in [-0.3, -0.25) is 14.5 Å². The molecule has 1 saturated heterocycles. The summed E-state index contributed by atoms with van der Waals surface area (Å²) in [5.41, 5.74) is 6.29. The number of amides is 3. The summed E-state index contributed by atoms with van der Waals surface area (Å²) < 4.78 is 5.33. The number of rotatable bonds is 7. The van der Waals surface area contributed by atoms with Gasteiger partial charge in [0.1, 0.15) is 18.7 Å². The zero-order chi connectivity index (χ0) is 19.1. The zero-order valence-corrected chi connectivity index (χ0v) is 15.3. The van der Waals surface area contributed by atoms with Crippen LogP contribution >= 0.6 is 0 Å². The van der Waals surface area contributed by atoms with Crippen LogP contribution in [0, 0.1) is 5.92 Å². The second-order valence-corrected chi connectivity index (χ2v) is 6.67. The third kappa shape index (κ3) is 4.97. The Kier molecular flexibility index (Phi) is 7.00. The van der Waals surface area contributed by atoms with Crippen LogP contribution in [-0.4, -0.2) is 41.4 Å². The van der Waals surface area contributed by atoms with Crippen LogP contribution in [0.4, 0.5) is 4.79 Å². The van der Waals surface area contributed by atoms with Crippen molar-refractivity contribution in [1.82, 2.24) is 10.2 Å². The van der Waals surface area contributed by atoms with Gasteiger partial charge in [0.15, 0.2) is 0 Å². The second kappa shape index (κ2) is 9.22. The number of carbonyl (C=O) groups excluding carboxylic acids is 3. The molecule has 1 aromatic rings. The Labute approximate surface area is 153 Å². The molecule has 1 aromatic carbocycles. The van der Waals surface area contributed by atoms with Gasteiger partial charge in [-0.15, -0.1) is 0 Å². The molecule has 0 bridgehead atoms. The highest BCUT2D eigenvalue weighted by atomic mass is 16.6. The first kappa shape index (κ1) is 19.8. The third-order valence-corrected chi connectivity index (χ3v) is 4.81. The van der Waals surface area contributed by atoms with Crippen LogP contribution in [0.25, 0.3) is 0 Å². The summed E-state index contributed by atoms with van der Waals surface area (Å²) in [7, 11) is 0. The van der Waals surface area contributed by atoms with Crippen LogP contribution in [0.1, 0.15) is 38.7 Å². The zero-order valence-electron chi connectivity index (χ0n) is 15.3. The van der Waals surface area contributed by atoms with Crippen molar-refractivity contribution in [3.63, 3.8) is 0 Å². The van der Waals surface area contributed by atoms with Crippen molar-refractivity contribution in [3.8, 4) is 0 Å². The quantitative estimate of drug-likeness (QED) is 0.773. The molecule has 2 rings (SSSR count). The van der Waals surface area contributed by atoms with Gasteiger partial charge in [-0.2, -0.15) is 0 Å². The molecule has 7 heteroatoms. The van der Waals surface area contributed by atoms with Crippen LogP contribution < -0.4 is 11.1 Å². The van der Waals surface area contributed by atoms with E-state index in [0.29, 0.717) is 25.8 Å². The van der Waals surface area contributed by atoms with E-state index in [9.17, 15) is 14.4 Å². The van der Waals surface area contributed by atoms with Gasteiger partial charge >= 0.3 is 6.09 Å². The molecule has 0 unspecified atom stereocenters. The van der Waals surface area contributed by atoms with Crippen molar-refractivity contribution in [2.24, 2.45) is 11.7 Å². The van der Waals surface area contributed by atoms with E-state index >= 15 is 0 Å². The van der Waals surface area contributed by atoms with E-state index < -0.39 is 24.1 Å². The van der Waals surface area contributed by atoms with E-state index in [1.807, 2.05) is 44.2 Å². The number of ether oxygens (including phenoxy) is 1. The van der Waals surface area contributed by atoms with Gasteiger partial charge in [-0.05, 0) is 24.3 Å². The van der Waals surface area contributed by atoms with Gasteiger partial charge in [0.05, 0.1) is 0 Å². The minimum Gasteiger partial charge on any atom is -0.445 e. The summed E-state index contributed by atoms with van der Waals surface area (Å²) in [6, 6.07) is 7.98. The molecule has 3 N–H and O–H groups in total. The predicted octanol–water partition coefficient (Wildman–Crippen LogP) is 1.80. The highest BCUT2D eigenvalue weighted by Gasteiger charge is 2.37. The van der Waals surface area contributed by atoms with Crippen molar-refractivity contribution < 1.29 is 19.1 Å². The number of nitrogens with one attached hydrogen (secondary N) is 1. The molecular weight excluding hydrogens is 334 g/mol. The minimum absolute atomic E-state index is 0.0728. The van der Waals surface area contributed by atoms with Crippen LogP contribution in [0.2, 0.25) is 0 Å². The Hall–Kier alpha value is -2.57.